The number of nitrogens with two attached hydrogens (primary N) is 1. The standard InChI is InChI=1S/C12H18BrFN2O/c1-3-12(17-2)11(16-15)6-8-4-9(13)7-10(14)5-8/h4-5,7,11-12,16H,3,6,15H2,1-2H3. The second-order valence-electron chi connectivity index (χ2n) is 3.94. The third kappa shape index (κ3) is 4.35. The molecule has 0 aromatic heterocycles. The highest BCUT2D eigenvalue weighted by Crippen LogP contribution is 2.17. The van der Waals surface area contributed by atoms with Crippen molar-refractivity contribution < 1.29 is 9.13 Å². The lowest BCUT2D eigenvalue weighted by atomic mass is 10.00. The zero-order chi connectivity index (χ0) is 12.8. The van der Waals surface area contributed by atoms with Crippen LogP contribution in [-0.2, 0) is 11.2 Å². The van der Waals surface area contributed by atoms with E-state index in [0.717, 1.165) is 16.5 Å². The molecule has 1 rings (SSSR count). The Morgan fingerprint density at radius 3 is 2.65 bits per heavy atom. The molecular weight excluding hydrogens is 287 g/mol. The number of benzene rings is 1. The van der Waals surface area contributed by atoms with Crippen molar-refractivity contribution in [3.8, 4) is 0 Å². The number of hydrogen-bond donors (Lipinski definition) is 2. The molecule has 0 bridgehead atoms. The molecule has 3 N–H and O–H groups in total. The lowest BCUT2D eigenvalue weighted by molar-refractivity contribution is 0.0653. The third-order valence-corrected chi connectivity index (χ3v) is 3.20. The molecule has 0 saturated carbocycles. The molecular formula is C12H18BrFN2O. The number of ether oxygens (including phenoxy) is 1. The van der Waals surface area contributed by atoms with E-state index in [0.29, 0.717) is 6.42 Å². The van der Waals surface area contributed by atoms with Crippen molar-refractivity contribution in [1.29, 1.82) is 0 Å². The van der Waals surface area contributed by atoms with Crippen molar-refractivity contribution in [1.82, 2.24) is 5.43 Å². The topological polar surface area (TPSA) is 47.3 Å². The number of rotatable bonds is 6. The summed E-state index contributed by atoms with van der Waals surface area (Å²) in [4.78, 5) is 0. The zero-order valence-corrected chi connectivity index (χ0v) is 11.6. The molecule has 0 aliphatic rings. The van der Waals surface area contributed by atoms with Crippen LogP contribution in [0.4, 0.5) is 4.39 Å². The molecule has 0 aliphatic carbocycles. The SMILES string of the molecule is CCC(OC)C(Cc1cc(F)cc(Br)c1)NN. The van der Waals surface area contributed by atoms with Gasteiger partial charge >= 0.3 is 0 Å². The van der Waals surface area contributed by atoms with E-state index in [-0.39, 0.29) is 18.0 Å². The van der Waals surface area contributed by atoms with Gasteiger partial charge in [0.15, 0.2) is 0 Å². The largest absolute Gasteiger partial charge is 0.380 e. The molecule has 5 heteroatoms. The fourth-order valence-corrected chi connectivity index (χ4v) is 2.41. The Morgan fingerprint density at radius 1 is 1.47 bits per heavy atom. The monoisotopic (exact) mass is 304 g/mol. The van der Waals surface area contributed by atoms with Crippen molar-refractivity contribution in [2.75, 3.05) is 7.11 Å². The summed E-state index contributed by atoms with van der Waals surface area (Å²) in [5.41, 5.74) is 3.61. The maximum Gasteiger partial charge on any atom is 0.124 e. The molecule has 0 amide bonds. The van der Waals surface area contributed by atoms with Crippen LogP contribution in [0, 0.1) is 5.82 Å². The molecule has 2 unspecified atom stereocenters. The first-order valence-electron chi connectivity index (χ1n) is 5.54. The van der Waals surface area contributed by atoms with Crippen LogP contribution in [0.5, 0.6) is 0 Å². The van der Waals surface area contributed by atoms with E-state index in [9.17, 15) is 4.39 Å². The van der Waals surface area contributed by atoms with Gasteiger partial charge in [-0.1, -0.05) is 22.9 Å². The van der Waals surface area contributed by atoms with Gasteiger partial charge in [-0.3, -0.25) is 11.3 Å². The maximum absolute atomic E-state index is 13.2. The van der Waals surface area contributed by atoms with Gasteiger partial charge in [0, 0.05) is 11.6 Å². The van der Waals surface area contributed by atoms with Gasteiger partial charge in [-0.2, -0.15) is 0 Å². The second-order valence-corrected chi connectivity index (χ2v) is 4.85. The lowest BCUT2D eigenvalue weighted by Crippen LogP contribution is -2.46. The van der Waals surface area contributed by atoms with Crippen LogP contribution in [0.15, 0.2) is 22.7 Å². The van der Waals surface area contributed by atoms with Crippen LogP contribution in [-0.4, -0.2) is 19.3 Å². The minimum absolute atomic E-state index is 0.0158. The van der Waals surface area contributed by atoms with E-state index < -0.39 is 0 Å². The molecule has 2 atom stereocenters. The quantitative estimate of drug-likeness (QED) is 0.627. The fourth-order valence-electron chi connectivity index (χ4n) is 1.90. The van der Waals surface area contributed by atoms with E-state index in [1.165, 1.54) is 12.1 Å². The first kappa shape index (κ1) is 14.6. The van der Waals surface area contributed by atoms with Gasteiger partial charge in [0.05, 0.1) is 12.1 Å². The highest BCUT2D eigenvalue weighted by molar-refractivity contribution is 9.10. The molecule has 0 heterocycles. The average Bonchev–Trinajstić information content (AvgIpc) is 2.27. The van der Waals surface area contributed by atoms with Crippen LogP contribution in [0.1, 0.15) is 18.9 Å². The van der Waals surface area contributed by atoms with Crippen LogP contribution < -0.4 is 11.3 Å². The number of hydrogen-bond acceptors (Lipinski definition) is 3. The summed E-state index contributed by atoms with van der Waals surface area (Å²) in [6, 6.07) is 4.80. The molecule has 17 heavy (non-hydrogen) atoms. The van der Waals surface area contributed by atoms with Crippen molar-refractivity contribution in [2.45, 2.75) is 31.9 Å². The van der Waals surface area contributed by atoms with Gasteiger partial charge in [0.2, 0.25) is 0 Å². The Kier molecular flexibility index (Phi) is 6.05. The number of methoxy groups -OCH3 is 1. The van der Waals surface area contributed by atoms with Crippen LogP contribution in [0.3, 0.4) is 0 Å². The van der Waals surface area contributed by atoms with Gasteiger partial charge in [0.1, 0.15) is 5.82 Å². The molecule has 0 radical (unpaired) electrons. The molecule has 1 aromatic carbocycles. The summed E-state index contributed by atoms with van der Waals surface area (Å²) >= 11 is 3.27. The average molecular weight is 305 g/mol. The molecule has 96 valence electrons. The van der Waals surface area contributed by atoms with E-state index in [1.807, 2.05) is 13.0 Å². The highest BCUT2D eigenvalue weighted by Gasteiger charge is 2.19. The summed E-state index contributed by atoms with van der Waals surface area (Å²) < 4.78 is 19.3. The van der Waals surface area contributed by atoms with Crippen molar-refractivity contribution in [2.24, 2.45) is 5.84 Å². The summed E-state index contributed by atoms with van der Waals surface area (Å²) in [5.74, 6) is 5.26. The van der Waals surface area contributed by atoms with Crippen LogP contribution in [0.25, 0.3) is 0 Å². The Bertz CT molecular complexity index is 338. The fraction of sp³-hybridized carbons (Fsp3) is 0.500. The van der Waals surface area contributed by atoms with Gasteiger partial charge in [-0.25, -0.2) is 4.39 Å². The highest BCUT2D eigenvalue weighted by atomic mass is 79.9. The number of hydrazine groups is 1. The van der Waals surface area contributed by atoms with Gasteiger partial charge in [-0.05, 0) is 36.6 Å². The lowest BCUT2D eigenvalue weighted by Gasteiger charge is -2.24. The van der Waals surface area contributed by atoms with Crippen LogP contribution >= 0.6 is 15.9 Å². The predicted molar refractivity (Wildman–Crippen MR) is 70.0 cm³/mol. The third-order valence-electron chi connectivity index (χ3n) is 2.75. The number of halogens is 2. The minimum atomic E-state index is -0.254. The Balaban J connectivity index is 2.79. The summed E-state index contributed by atoms with van der Waals surface area (Å²) in [7, 11) is 1.65. The predicted octanol–water partition coefficient (Wildman–Crippen LogP) is 2.39. The Morgan fingerprint density at radius 2 is 2.18 bits per heavy atom. The number of nitrogens with one attached hydrogen (secondary N) is 1. The summed E-state index contributed by atoms with van der Waals surface area (Å²) in [6.45, 7) is 2.03. The van der Waals surface area contributed by atoms with E-state index >= 15 is 0 Å². The molecule has 0 saturated heterocycles. The molecule has 3 nitrogen and oxygen atoms in total. The first-order chi connectivity index (χ1) is 8.10. The van der Waals surface area contributed by atoms with E-state index in [4.69, 9.17) is 10.6 Å². The molecule has 0 aliphatic heterocycles. The Hall–Kier alpha value is -0.490. The minimum Gasteiger partial charge on any atom is -0.380 e. The zero-order valence-electron chi connectivity index (χ0n) is 10.0. The van der Waals surface area contributed by atoms with Gasteiger partial charge < -0.3 is 4.74 Å². The van der Waals surface area contributed by atoms with Crippen LogP contribution in [0.2, 0.25) is 0 Å². The van der Waals surface area contributed by atoms with Gasteiger partial charge in [-0.15, -0.1) is 0 Å². The first-order valence-corrected chi connectivity index (χ1v) is 6.33. The molecule has 1 aromatic rings. The normalized spacial score (nSPS) is 14.6. The maximum atomic E-state index is 13.2. The van der Waals surface area contributed by atoms with E-state index in [1.54, 1.807) is 7.11 Å². The van der Waals surface area contributed by atoms with Crippen molar-refractivity contribution in [3.05, 3.63) is 34.1 Å². The Labute approximate surface area is 110 Å². The van der Waals surface area contributed by atoms with E-state index in [2.05, 4.69) is 21.4 Å². The molecule has 0 fully saturated rings. The smallest absolute Gasteiger partial charge is 0.124 e. The summed E-state index contributed by atoms with van der Waals surface area (Å²) in [5, 5.41) is 0. The second kappa shape index (κ2) is 7.06. The van der Waals surface area contributed by atoms with Crippen molar-refractivity contribution >= 4 is 15.9 Å². The van der Waals surface area contributed by atoms with Gasteiger partial charge in [0.25, 0.3) is 0 Å². The molecule has 0 spiro atoms. The summed E-state index contributed by atoms with van der Waals surface area (Å²) in [6.07, 6.45) is 1.49. The van der Waals surface area contributed by atoms with Crippen molar-refractivity contribution in [3.63, 3.8) is 0 Å².